The van der Waals surface area contributed by atoms with Crippen molar-refractivity contribution in [3.63, 3.8) is 0 Å². The Morgan fingerprint density at radius 2 is 1.94 bits per heavy atom. The van der Waals surface area contributed by atoms with Crippen molar-refractivity contribution in [3.8, 4) is 0 Å². The number of thiophene rings is 1. The van der Waals surface area contributed by atoms with E-state index >= 15 is 0 Å². The molecule has 2 heterocycles. The minimum Gasteiger partial charge on any atom is -0.295 e. The Morgan fingerprint density at radius 1 is 1.17 bits per heavy atom. The standard InChI is InChI=1S/C14H14N2OS/c1-15-12-4-2-3-5-13(12)16(14(15)17)8-6-11-7-9-18-10-11/h2-5,7,9-10H,6,8H2,1H3. The summed E-state index contributed by atoms with van der Waals surface area (Å²) in [6.07, 6.45) is 0.900. The van der Waals surface area contributed by atoms with E-state index in [1.165, 1.54) is 5.56 Å². The van der Waals surface area contributed by atoms with E-state index in [0.717, 1.165) is 24.0 Å². The minimum absolute atomic E-state index is 0.0615. The lowest BCUT2D eigenvalue weighted by Crippen LogP contribution is -2.22. The van der Waals surface area contributed by atoms with Gasteiger partial charge in [0.25, 0.3) is 0 Å². The molecule has 1 aromatic carbocycles. The monoisotopic (exact) mass is 258 g/mol. The number of hydrogen-bond acceptors (Lipinski definition) is 2. The van der Waals surface area contributed by atoms with Crippen molar-refractivity contribution in [1.82, 2.24) is 9.13 Å². The highest BCUT2D eigenvalue weighted by molar-refractivity contribution is 7.07. The first kappa shape index (κ1) is 11.3. The first-order valence-corrected chi connectivity index (χ1v) is 6.87. The molecule has 0 aliphatic heterocycles. The first-order valence-electron chi connectivity index (χ1n) is 5.92. The van der Waals surface area contributed by atoms with E-state index in [0.29, 0.717) is 0 Å². The maximum Gasteiger partial charge on any atom is 0.328 e. The predicted molar refractivity (Wildman–Crippen MR) is 75.2 cm³/mol. The molecule has 0 spiro atoms. The van der Waals surface area contributed by atoms with Gasteiger partial charge in [0.2, 0.25) is 0 Å². The van der Waals surface area contributed by atoms with Crippen LogP contribution >= 0.6 is 11.3 Å². The van der Waals surface area contributed by atoms with E-state index in [1.54, 1.807) is 15.9 Å². The Bertz CT molecular complexity index is 722. The Hall–Kier alpha value is -1.81. The van der Waals surface area contributed by atoms with Crippen LogP contribution in [0.15, 0.2) is 45.9 Å². The number of benzene rings is 1. The van der Waals surface area contributed by atoms with Crippen LogP contribution in [0.5, 0.6) is 0 Å². The van der Waals surface area contributed by atoms with Crippen molar-refractivity contribution in [2.24, 2.45) is 7.05 Å². The Kier molecular flexibility index (Phi) is 2.80. The highest BCUT2D eigenvalue weighted by Gasteiger charge is 2.09. The third kappa shape index (κ3) is 1.78. The number of imidazole rings is 1. The second-order valence-corrected chi connectivity index (χ2v) is 5.14. The van der Waals surface area contributed by atoms with Gasteiger partial charge in [0.05, 0.1) is 11.0 Å². The number of rotatable bonds is 3. The first-order chi connectivity index (χ1) is 8.77. The lowest BCUT2D eigenvalue weighted by atomic mass is 10.2. The van der Waals surface area contributed by atoms with Crippen LogP contribution in [-0.4, -0.2) is 9.13 Å². The van der Waals surface area contributed by atoms with E-state index in [4.69, 9.17) is 0 Å². The summed E-state index contributed by atoms with van der Waals surface area (Å²) in [7, 11) is 1.83. The summed E-state index contributed by atoms with van der Waals surface area (Å²) >= 11 is 1.70. The topological polar surface area (TPSA) is 26.9 Å². The molecular weight excluding hydrogens is 244 g/mol. The number of hydrogen-bond donors (Lipinski definition) is 0. The van der Waals surface area contributed by atoms with Crippen LogP contribution in [-0.2, 0) is 20.0 Å². The van der Waals surface area contributed by atoms with Crippen LogP contribution in [0.25, 0.3) is 11.0 Å². The maximum atomic E-state index is 12.2. The van der Waals surface area contributed by atoms with Gasteiger partial charge in [-0.2, -0.15) is 11.3 Å². The van der Waals surface area contributed by atoms with Gasteiger partial charge in [-0.05, 0) is 40.9 Å². The Labute approximate surface area is 109 Å². The van der Waals surface area contributed by atoms with Crippen molar-refractivity contribution in [2.75, 3.05) is 0 Å². The zero-order valence-electron chi connectivity index (χ0n) is 10.2. The van der Waals surface area contributed by atoms with Crippen molar-refractivity contribution in [3.05, 3.63) is 57.1 Å². The number of aryl methyl sites for hydroxylation is 3. The van der Waals surface area contributed by atoms with Gasteiger partial charge < -0.3 is 0 Å². The molecule has 18 heavy (non-hydrogen) atoms. The van der Waals surface area contributed by atoms with Crippen molar-refractivity contribution in [1.29, 1.82) is 0 Å². The van der Waals surface area contributed by atoms with Crippen molar-refractivity contribution in [2.45, 2.75) is 13.0 Å². The molecular formula is C14H14N2OS. The average molecular weight is 258 g/mol. The van der Waals surface area contributed by atoms with Gasteiger partial charge in [-0.1, -0.05) is 12.1 Å². The normalized spacial score (nSPS) is 11.2. The fraction of sp³-hybridized carbons (Fsp3) is 0.214. The fourth-order valence-corrected chi connectivity index (χ4v) is 2.96. The molecule has 0 bridgehead atoms. The molecule has 92 valence electrons. The molecule has 0 unspecified atom stereocenters. The third-order valence-electron chi connectivity index (χ3n) is 3.26. The van der Waals surface area contributed by atoms with Crippen molar-refractivity contribution >= 4 is 22.4 Å². The van der Waals surface area contributed by atoms with Crippen LogP contribution in [0.4, 0.5) is 0 Å². The lowest BCUT2D eigenvalue weighted by molar-refractivity contribution is 0.666. The second-order valence-electron chi connectivity index (χ2n) is 4.36. The van der Waals surface area contributed by atoms with E-state index in [2.05, 4.69) is 16.8 Å². The molecule has 0 aliphatic carbocycles. The molecule has 3 rings (SSSR count). The zero-order valence-corrected chi connectivity index (χ0v) is 11.0. The number of fused-ring (bicyclic) bond motifs is 1. The summed E-state index contributed by atoms with van der Waals surface area (Å²) in [4.78, 5) is 12.2. The predicted octanol–water partition coefficient (Wildman–Crippen LogP) is 2.64. The molecule has 0 aliphatic rings. The van der Waals surface area contributed by atoms with Gasteiger partial charge in [-0.25, -0.2) is 4.79 Å². The second kappa shape index (κ2) is 4.46. The Morgan fingerprint density at radius 3 is 2.67 bits per heavy atom. The molecule has 3 aromatic rings. The van der Waals surface area contributed by atoms with E-state index in [-0.39, 0.29) is 5.69 Å². The number of para-hydroxylation sites is 2. The molecule has 0 radical (unpaired) electrons. The van der Waals surface area contributed by atoms with Crippen LogP contribution in [0, 0.1) is 0 Å². The molecule has 2 aromatic heterocycles. The number of nitrogens with zero attached hydrogens (tertiary/aromatic N) is 2. The molecule has 4 heteroatoms. The SMILES string of the molecule is Cn1c(=O)n(CCc2ccsc2)c2ccccc21. The van der Waals surface area contributed by atoms with E-state index in [1.807, 2.05) is 35.9 Å². The Balaban J connectivity index is 2.01. The molecule has 0 N–H and O–H groups in total. The van der Waals surface area contributed by atoms with Gasteiger partial charge in [-0.15, -0.1) is 0 Å². The van der Waals surface area contributed by atoms with Gasteiger partial charge in [0.1, 0.15) is 0 Å². The van der Waals surface area contributed by atoms with Crippen LogP contribution in [0.1, 0.15) is 5.56 Å². The molecule has 0 atom stereocenters. The third-order valence-corrected chi connectivity index (χ3v) is 3.99. The highest BCUT2D eigenvalue weighted by atomic mass is 32.1. The van der Waals surface area contributed by atoms with E-state index < -0.39 is 0 Å². The highest BCUT2D eigenvalue weighted by Crippen LogP contribution is 2.13. The van der Waals surface area contributed by atoms with Crippen LogP contribution < -0.4 is 5.69 Å². The lowest BCUT2D eigenvalue weighted by Gasteiger charge is -2.01. The quantitative estimate of drug-likeness (QED) is 0.709. The van der Waals surface area contributed by atoms with E-state index in [9.17, 15) is 4.79 Å². The van der Waals surface area contributed by atoms with Crippen molar-refractivity contribution < 1.29 is 0 Å². The van der Waals surface area contributed by atoms with Gasteiger partial charge in [0, 0.05) is 13.6 Å². The molecule has 3 nitrogen and oxygen atoms in total. The minimum atomic E-state index is 0.0615. The molecule has 0 fully saturated rings. The summed E-state index contributed by atoms with van der Waals surface area (Å²) in [6.45, 7) is 0.733. The molecule has 0 saturated heterocycles. The molecule has 0 saturated carbocycles. The summed E-state index contributed by atoms with van der Waals surface area (Å²) in [5.74, 6) is 0. The van der Waals surface area contributed by atoms with Gasteiger partial charge >= 0.3 is 5.69 Å². The summed E-state index contributed by atoms with van der Waals surface area (Å²) in [5, 5.41) is 4.21. The fourth-order valence-electron chi connectivity index (χ4n) is 2.26. The average Bonchev–Trinajstić information content (AvgIpc) is 2.98. The van der Waals surface area contributed by atoms with Crippen LogP contribution in [0.3, 0.4) is 0 Å². The van der Waals surface area contributed by atoms with Crippen LogP contribution in [0.2, 0.25) is 0 Å². The van der Waals surface area contributed by atoms with Gasteiger partial charge in [0.15, 0.2) is 0 Å². The smallest absolute Gasteiger partial charge is 0.295 e. The summed E-state index contributed by atoms with van der Waals surface area (Å²) in [5.41, 5.74) is 3.36. The zero-order chi connectivity index (χ0) is 12.5. The summed E-state index contributed by atoms with van der Waals surface area (Å²) < 4.78 is 3.57. The molecule has 0 amide bonds. The largest absolute Gasteiger partial charge is 0.328 e. The maximum absolute atomic E-state index is 12.2. The summed E-state index contributed by atoms with van der Waals surface area (Å²) in [6, 6.07) is 10.0. The van der Waals surface area contributed by atoms with Gasteiger partial charge in [-0.3, -0.25) is 9.13 Å². The number of aromatic nitrogens is 2.